The minimum Gasteiger partial charge on any atom is -0.494 e. The number of rotatable bonds is 7. The van der Waals surface area contributed by atoms with Crippen molar-refractivity contribution >= 4 is 17.7 Å². The van der Waals surface area contributed by atoms with Gasteiger partial charge in [-0.25, -0.2) is 0 Å². The van der Waals surface area contributed by atoms with Crippen LogP contribution in [0.2, 0.25) is 0 Å². The van der Waals surface area contributed by atoms with Gasteiger partial charge in [0.25, 0.3) is 0 Å². The Labute approximate surface area is 137 Å². The number of allylic oxidation sites excluding steroid dienone is 2. The number of amides is 1. The molecule has 0 aliphatic heterocycles. The molecule has 0 unspecified atom stereocenters. The third-order valence-electron chi connectivity index (χ3n) is 3.04. The van der Waals surface area contributed by atoms with Crippen LogP contribution in [0.5, 0.6) is 5.75 Å². The minimum atomic E-state index is -0.162. The van der Waals surface area contributed by atoms with Crippen LogP contribution in [0.1, 0.15) is 18.9 Å². The largest absolute Gasteiger partial charge is 0.494 e. The fourth-order valence-electron chi connectivity index (χ4n) is 1.91. The van der Waals surface area contributed by atoms with Gasteiger partial charge in [-0.1, -0.05) is 55.5 Å². The minimum absolute atomic E-state index is 0.162. The first-order valence-electron chi connectivity index (χ1n) is 7.71. The molecule has 118 valence electrons. The van der Waals surface area contributed by atoms with Gasteiger partial charge in [-0.15, -0.1) is 0 Å². The molecule has 2 aromatic rings. The van der Waals surface area contributed by atoms with Crippen molar-refractivity contribution in [1.29, 1.82) is 0 Å². The van der Waals surface area contributed by atoms with Crippen molar-refractivity contribution < 1.29 is 9.53 Å². The predicted octanol–water partition coefficient (Wildman–Crippen LogP) is 4.68. The molecule has 0 saturated heterocycles. The summed E-state index contributed by atoms with van der Waals surface area (Å²) in [7, 11) is 0. The second-order valence-electron chi connectivity index (χ2n) is 4.99. The Hall–Kier alpha value is -2.81. The number of carbonyl (C=O) groups excluding carboxylic acids is 1. The maximum Gasteiger partial charge on any atom is 0.248 e. The molecule has 23 heavy (non-hydrogen) atoms. The van der Waals surface area contributed by atoms with Crippen LogP contribution >= 0.6 is 0 Å². The molecule has 1 N–H and O–H groups in total. The van der Waals surface area contributed by atoms with Gasteiger partial charge < -0.3 is 10.1 Å². The highest BCUT2D eigenvalue weighted by Crippen LogP contribution is 2.15. The summed E-state index contributed by atoms with van der Waals surface area (Å²) in [6.07, 6.45) is 7.99. The number of ether oxygens (including phenoxy) is 1. The molecule has 3 heteroatoms. The van der Waals surface area contributed by atoms with E-state index in [1.807, 2.05) is 66.7 Å². The molecule has 0 radical (unpaired) electrons. The topological polar surface area (TPSA) is 38.3 Å². The molecule has 2 rings (SSSR count). The highest BCUT2D eigenvalue weighted by molar-refractivity contribution is 5.99. The first kappa shape index (κ1) is 16.6. The van der Waals surface area contributed by atoms with Gasteiger partial charge in [0.05, 0.1) is 6.61 Å². The molecule has 1 amide bonds. The lowest BCUT2D eigenvalue weighted by atomic mass is 10.2. The van der Waals surface area contributed by atoms with Crippen LogP contribution in [0, 0.1) is 0 Å². The van der Waals surface area contributed by atoms with E-state index < -0.39 is 0 Å². The Kier molecular flexibility index (Phi) is 6.66. The lowest BCUT2D eigenvalue weighted by Crippen LogP contribution is -2.07. The van der Waals surface area contributed by atoms with Crippen LogP contribution in [0.3, 0.4) is 0 Å². The van der Waals surface area contributed by atoms with Crippen LogP contribution in [-0.4, -0.2) is 12.5 Å². The first-order chi connectivity index (χ1) is 11.3. The SMILES string of the molecule is CCCOc1ccc(NC(=O)/C=C/C=C/c2ccccc2)cc1. The van der Waals surface area contributed by atoms with Crippen LogP contribution in [0.15, 0.2) is 72.8 Å². The van der Waals surface area contributed by atoms with E-state index in [0.717, 1.165) is 23.4 Å². The summed E-state index contributed by atoms with van der Waals surface area (Å²) in [5, 5.41) is 2.81. The van der Waals surface area contributed by atoms with Gasteiger partial charge in [-0.05, 0) is 36.2 Å². The number of nitrogens with one attached hydrogen (secondary N) is 1. The molecule has 0 spiro atoms. The van der Waals surface area contributed by atoms with Gasteiger partial charge >= 0.3 is 0 Å². The smallest absolute Gasteiger partial charge is 0.248 e. The number of carbonyl (C=O) groups is 1. The van der Waals surface area contributed by atoms with E-state index in [-0.39, 0.29) is 5.91 Å². The molecule has 3 nitrogen and oxygen atoms in total. The van der Waals surface area contributed by atoms with Crippen LogP contribution < -0.4 is 10.1 Å². The van der Waals surface area contributed by atoms with Crippen molar-refractivity contribution in [1.82, 2.24) is 0 Å². The van der Waals surface area contributed by atoms with E-state index in [1.165, 1.54) is 6.08 Å². The molecule has 0 aliphatic rings. The van der Waals surface area contributed by atoms with E-state index in [0.29, 0.717) is 6.61 Å². The van der Waals surface area contributed by atoms with E-state index in [9.17, 15) is 4.79 Å². The maximum absolute atomic E-state index is 11.8. The van der Waals surface area contributed by atoms with Crippen molar-refractivity contribution in [2.45, 2.75) is 13.3 Å². The highest BCUT2D eigenvalue weighted by Gasteiger charge is 1.98. The molecule has 0 aliphatic carbocycles. The Morgan fingerprint density at radius 1 is 1.04 bits per heavy atom. The van der Waals surface area contributed by atoms with E-state index in [2.05, 4.69) is 12.2 Å². The first-order valence-corrected chi connectivity index (χ1v) is 7.71. The number of anilines is 1. The number of benzene rings is 2. The molecule has 0 heterocycles. The van der Waals surface area contributed by atoms with Gasteiger partial charge in [0.2, 0.25) is 5.91 Å². The Morgan fingerprint density at radius 2 is 1.78 bits per heavy atom. The fraction of sp³-hybridized carbons (Fsp3) is 0.150. The summed E-state index contributed by atoms with van der Waals surface area (Å²) in [6.45, 7) is 2.76. The lowest BCUT2D eigenvalue weighted by molar-refractivity contribution is -0.111. The van der Waals surface area contributed by atoms with Gasteiger partial charge in [0, 0.05) is 11.8 Å². The Morgan fingerprint density at radius 3 is 2.48 bits per heavy atom. The molecular weight excluding hydrogens is 286 g/mol. The van der Waals surface area contributed by atoms with Gasteiger partial charge in [0.1, 0.15) is 5.75 Å². The highest BCUT2D eigenvalue weighted by atomic mass is 16.5. The quantitative estimate of drug-likeness (QED) is 0.595. The zero-order valence-electron chi connectivity index (χ0n) is 13.2. The van der Waals surface area contributed by atoms with Crippen LogP contribution in [0.4, 0.5) is 5.69 Å². The molecule has 0 saturated carbocycles. The molecule has 0 fully saturated rings. The standard InChI is InChI=1S/C20H21NO2/c1-2-16-23-19-14-12-18(13-15-19)21-20(22)11-7-6-10-17-8-4-3-5-9-17/h3-15H,2,16H2,1H3,(H,21,22)/b10-6+,11-7+. The molecule has 0 atom stereocenters. The van der Waals surface area contributed by atoms with E-state index in [4.69, 9.17) is 4.74 Å². The lowest BCUT2D eigenvalue weighted by Gasteiger charge is -2.06. The van der Waals surface area contributed by atoms with Crippen molar-refractivity contribution in [2.24, 2.45) is 0 Å². The normalized spacial score (nSPS) is 11.0. The monoisotopic (exact) mass is 307 g/mol. The summed E-state index contributed by atoms with van der Waals surface area (Å²) >= 11 is 0. The zero-order chi connectivity index (χ0) is 16.3. The third-order valence-corrected chi connectivity index (χ3v) is 3.04. The molecule has 2 aromatic carbocycles. The maximum atomic E-state index is 11.8. The summed E-state index contributed by atoms with van der Waals surface area (Å²) in [5.74, 6) is 0.649. The van der Waals surface area contributed by atoms with E-state index in [1.54, 1.807) is 6.08 Å². The van der Waals surface area contributed by atoms with Crippen molar-refractivity contribution in [3.8, 4) is 5.75 Å². The summed E-state index contributed by atoms with van der Waals surface area (Å²) in [6, 6.07) is 17.3. The van der Waals surface area contributed by atoms with E-state index >= 15 is 0 Å². The molecule has 0 bridgehead atoms. The Bertz CT molecular complexity index is 658. The summed E-state index contributed by atoms with van der Waals surface area (Å²) < 4.78 is 5.50. The van der Waals surface area contributed by atoms with Crippen LogP contribution in [-0.2, 0) is 4.79 Å². The van der Waals surface area contributed by atoms with Gasteiger partial charge in [-0.2, -0.15) is 0 Å². The van der Waals surface area contributed by atoms with Gasteiger partial charge in [-0.3, -0.25) is 4.79 Å². The van der Waals surface area contributed by atoms with Gasteiger partial charge in [0.15, 0.2) is 0 Å². The fourth-order valence-corrected chi connectivity index (χ4v) is 1.91. The third kappa shape index (κ3) is 6.22. The molecular formula is C20H21NO2. The Balaban J connectivity index is 1.82. The van der Waals surface area contributed by atoms with Crippen molar-refractivity contribution in [3.05, 3.63) is 78.4 Å². The second-order valence-corrected chi connectivity index (χ2v) is 4.99. The van der Waals surface area contributed by atoms with Crippen LogP contribution in [0.25, 0.3) is 6.08 Å². The number of hydrogen-bond acceptors (Lipinski definition) is 2. The zero-order valence-corrected chi connectivity index (χ0v) is 13.2. The number of hydrogen-bond donors (Lipinski definition) is 1. The average Bonchev–Trinajstić information content (AvgIpc) is 2.59. The van der Waals surface area contributed by atoms with Crippen molar-refractivity contribution in [2.75, 3.05) is 11.9 Å². The molecule has 0 aromatic heterocycles. The van der Waals surface area contributed by atoms with Crippen molar-refractivity contribution in [3.63, 3.8) is 0 Å². The summed E-state index contributed by atoms with van der Waals surface area (Å²) in [5.41, 5.74) is 1.84. The summed E-state index contributed by atoms with van der Waals surface area (Å²) in [4.78, 5) is 11.8. The average molecular weight is 307 g/mol. The second kappa shape index (κ2) is 9.26. The predicted molar refractivity (Wildman–Crippen MR) is 95.5 cm³/mol.